The standard InChI is InChI=1S/C23H30N2O4S/c1-16-12-18(17(2)29-16)13-24(30(3,27)28)14-19(26)15-25-22-10-6-4-8-20(22)21-9-5-7-11-23(21)25/h4-11,16-19,26H,12-15H2,1-3H3. The first-order chi connectivity index (χ1) is 14.2. The predicted molar refractivity (Wildman–Crippen MR) is 120 cm³/mol. The van der Waals surface area contributed by atoms with Crippen LogP contribution in [0, 0.1) is 5.92 Å². The molecule has 4 atom stereocenters. The van der Waals surface area contributed by atoms with Crippen LogP contribution in [0.5, 0.6) is 0 Å². The molecule has 1 fully saturated rings. The maximum absolute atomic E-state index is 12.4. The zero-order valence-electron chi connectivity index (χ0n) is 17.7. The fraction of sp³-hybridized carbons (Fsp3) is 0.478. The Bertz CT molecular complexity index is 1090. The predicted octanol–water partition coefficient (Wildman–Crippen LogP) is 3.23. The van der Waals surface area contributed by atoms with Gasteiger partial charge in [-0.05, 0) is 32.4 Å². The monoisotopic (exact) mass is 430 g/mol. The van der Waals surface area contributed by atoms with E-state index in [0.717, 1.165) is 28.2 Å². The molecular formula is C23H30N2O4S. The number of aliphatic hydroxyl groups excluding tert-OH is 1. The first kappa shape index (κ1) is 21.3. The Hall–Kier alpha value is -1.93. The van der Waals surface area contributed by atoms with Crippen molar-refractivity contribution in [2.45, 2.75) is 45.1 Å². The summed E-state index contributed by atoms with van der Waals surface area (Å²) >= 11 is 0. The van der Waals surface area contributed by atoms with Crippen LogP contribution >= 0.6 is 0 Å². The average molecular weight is 431 g/mol. The summed E-state index contributed by atoms with van der Waals surface area (Å²) in [5.74, 6) is 0.134. The van der Waals surface area contributed by atoms with Gasteiger partial charge in [0.25, 0.3) is 0 Å². The number of hydrogen-bond acceptors (Lipinski definition) is 4. The van der Waals surface area contributed by atoms with E-state index >= 15 is 0 Å². The summed E-state index contributed by atoms with van der Waals surface area (Å²) in [5.41, 5.74) is 2.07. The Morgan fingerprint density at radius 1 is 1.10 bits per heavy atom. The van der Waals surface area contributed by atoms with E-state index in [2.05, 4.69) is 16.7 Å². The second kappa shape index (κ2) is 8.30. The molecule has 162 valence electrons. The van der Waals surface area contributed by atoms with Crippen molar-refractivity contribution >= 4 is 31.8 Å². The lowest BCUT2D eigenvalue weighted by Gasteiger charge is -2.27. The summed E-state index contributed by atoms with van der Waals surface area (Å²) < 4.78 is 34.2. The number of aromatic nitrogens is 1. The third-order valence-electron chi connectivity index (χ3n) is 6.14. The molecule has 3 aromatic rings. The highest BCUT2D eigenvalue weighted by Gasteiger charge is 2.33. The molecule has 0 saturated carbocycles. The maximum Gasteiger partial charge on any atom is 0.211 e. The first-order valence-corrected chi connectivity index (χ1v) is 12.3. The highest BCUT2D eigenvalue weighted by Crippen LogP contribution is 2.30. The van der Waals surface area contributed by atoms with Crippen LogP contribution in [0.4, 0.5) is 0 Å². The summed E-state index contributed by atoms with van der Waals surface area (Å²) in [7, 11) is -3.44. The van der Waals surface area contributed by atoms with Crippen molar-refractivity contribution < 1.29 is 18.3 Å². The van der Waals surface area contributed by atoms with Gasteiger partial charge in [-0.3, -0.25) is 0 Å². The molecule has 0 spiro atoms. The molecular weight excluding hydrogens is 400 g/mol. The van der Waals surface area contributed by atoms with Gasteiger partial charge in [0.2, 0.25) is 10.0 Å². The fourth-order valence-corrected chi connectivity index (χ4v) is 5.59. The molecule has 6 nitrogen and oxygen atoms in total. The minimum absolute atomic E-state index is 0.0127. The van der Waals surface area contributed by atoms with E-state index in [9.17, 15) is 13.5 Å². The summed E-state index contributed by atoms with van der Waals surface area (Å²) in [6.07, 6.45) is 1.36. The lowest BCUT2D eigenvalue weighted by molar-refractivity contribution is 0.0515. The Morgan fingerprint density at radius 2 is 1.67 bits per heavy atom. The van der Waals surface area contributed by atoms with Crippen molar-refractivity contribution in [3.8, 4) is 0 Å². The average Bonchev–Trinajstić information content (AvgIpc) is 3.18. The number of sulfonamides is 1. The molecule has 1 N–H and O–H groups in total. The van der Waals surface area contributed by atoms with Crippen LogP contribution in [0.3, 0.4) is 0 Å². The van der Waals surface area contributed by atoms with Gasteiger partial charge in [-0.1, -0.05) is 36.4 Å². The van der Waals surface area contributed by atoms with Crippen LogP contribution < -0.4 is 0 Å². The van der Waals surface area contributed by atoms with E-state index in [1.54, 1.807) is 0 Å². The lowest BCUT2D eigenvalue weighted by atomic mass is 10.0. The van der Waals surface area contributed by atoms with E-state index in [1.165, 1.54) is 10.6 Å². The third kappa shape index (κ3) is 4.25. The third-order valence-corrected chi connectivity index (χ3v) is 7.38. The molecule has 0 radical (unpaired) electrons. The number of hydrogen-bond donors (Lipinski definition) is 1. The van der Waals surface area contributed by atoms with E-state index in [-0.39, 0.29) is 24.7 Å². The van der Waals surface area contributed by atoms with E-state index in [1.807, 2.05) is 50.2 Å². The quantitative estimate of drug-likeness (QED) is 0.625. The van der Waals surface area contributed by atoms with Crippen LogP contribution in [0.2, 0.25) is 0 Å². The normalized spacial score (nSPS) is 23.6. The molecule has 1 aromatic heterocycles. The van der Waals surface area contributed by atoms with Crippen molar-refractivity contribution in [2.75, 3.05) is 19.3 Å². The molecule has 1 aliphatic rings. The number of fused-ring (bicyclic) bond motifs is 3. The molecule has 4 rings (SSSR count). The van der Waals surface area contributed by atoms with E-state index in [0.29, 0.717) is 13.1 Å². The van der Waals surface area contributed by atoms with Crippen molar-refractivity contribution in [1.82, 2.24) is 8.87 Å². The smallest absolute Gasteiger partial charge is 0.211 e. The molecule has 0 bridgehead atoms. The van der Waals surface area contributed by atoms with E-state index in [4.69, 9.17) is 4.74 Å². The molecule has 0 amide bonds. The number of nitrogens with zero attached hydrogens (tertiary/aromatic N) is 2. The Labute approximate surface area is 178 Å². The minimum Gasteiger partial charge on any atom is -0.390 e. The molecule has 0 aliphatic carbocycles. The zero-order chi connectivity index (χ0) is 21.5. The van der Waals surface area contributed by atoms with Crippen molar-refractivity contribution in [3.05, 3.63) is 48.5 Å². The Morgan fingerprint density at radius 3 is 2.17 bits per heavy atom. The summed E-state index contributed by atoms with van der Waals surface area (Å²) in [4.78, 5) is 0. The van der Waals surface area contributed by atoms with Gasteiger partial charge in [0.15, 0.2) is 0 Å². The molecule has 7 heteroatoms. The Kier molecular flexibility index (Phi) is 5.90. The first-order valence-electron chi connectivity index (χ1n) is 10.5. The minimum atomic E-state index is -3.44. The topological polar surface area (TPSA) is 71.8 Å². The van der Waals surface area contributed by atoms with Crippen LogP contribution in [0.1, 0.15) is 20.3 Å². The van der Waals surface area contributed by atoms with Gasteiger partial charge < -0.3 is 14.4 Å². The van der Waals surface area contributed by atoms with Crippen LogP contribution in [0.25, 0.3) is 21.8 Å². The fourth-order valence-electron chi connectivity index (χ4n) is 4.68. The molecule has 4 unspecified atom stereocenters. The van der Waals surface area contributed by atoms with Crippen LogP contribution in [-0.2, 0) is 21.3 Å². The summed E-state index contributed by atoms with van der Waals surface area (Å²) in [6, 6.07) is 16.2. The van der Waals surface area contributed by atoms with Crippen molar-refractivity contribution in [3.63, 3.8) is 0 Å². The van der Waals surface area contributed by atoms with E-state index < -0.39 is 16.1 Å². The van der Waals surface area contributed by atoms with Gasteiger partial charge in [-0.15, -0.1) is 0 Å². The molecule has 2 aromatic carbocycles. The zero-order valence-corrected chi connectivity index (χ0v) is 18.5. The number of aliphatic hydroxyl groups is 1. The second-order valence-electron chi connectivity index (χ2n) is 8.53. The maximum atomic E-state index is 12.4. The van der Waals surface area contributed by atoms with Crippen molar-refractivity contribution in [1.29, 1.82) is 0 Å². The van der Waals surface area contributed by atoms with Gasteiger partial charge in [0.05, 0.1) is 31.1 Å². The highest BCUT2D eigenvalue weighted by molar-refractivity contribution is 7.88. The summed E-state index contributed by atoms with van der Waals surface area (Å²) in [5, 5.41) is 13.2. The van der Waals surface area contributed by atoms with Crippen LogP contribution in [-0.4, -0.2) is 60.1 Å². The largest absolute Gasteiger partial charge is 0.390 e. The molecule has 30 heavy (non-hydrogen) atoms. The van der Waals surface area contributed by atoms with Gasteiger partial charge >= 0.3 is 0 Å². The summed E-state index contributed by atoms with van der Waals surface area (Å²) in [6.45, 7) is 4.76. The SMILES string of the molecule is CC1CC(CN(CC(O)Cn2c3ccccc3c3ccccc32)S(C)(=O)=O)C(C)O1. The number of benzene rings is 2. The number of para-hydroxylation sites is 2. The van der Waals surface area contributed by atoms with Gasteiger partial charge in [-0.25, -0.2) is 8.42 Å². The Balaban J connectivity index is 1.57. The molecule has 1 saturated heterocycles. The van der Waals surface area contributed by atoms with Crippen LogP contribution in [0.15, 0.2) is 48.5 Å². The molecule has 1 aliphatic heterocycles. The van der Waals surface area contributed by atoms with Gasteiger partial charge in [-0.2, -0.15) is 4.31 Å². The highest BCUT2D eigenvalue weighted by atomic mass is 32.2. The van der Waals surface area contributed by atoms with Gasteiger partial charge in [0.1, 0.15) is 0 Å². The van der Waals surface area contributed by atoms with Crippen molar-refractivity contribution in [2.24, 2.45) is 5.92 Å². The number of rotatable bonds is 7. The van der Waals surface area contributed by atoms with Gasteiger partial charge in [0, 0.05) is 40.8 Å². The second-order valence-corrected chi connectivity index (χ2v) is 10.5. The number of ether oxygens (including phenoxy) is 1. The lowest BCUT2D eigenvalue weighted by Crippen LogP contribution is -2.42. The molecule has 2 heterocycles.